The zero-order valence-electron chi connectivity index (χ0n) is 38.7. The van der Waals surface area contributed by atoms with Crippen molar-refractivity contribution in [1.29, 1.82) is 0 Å². The second-order valence-corrected chi connectivity index (χ2v) is 16.0. The van der Waals surface area contributed by atoms with Gasteiger partial charge in [-0.05, 0) is 93.7 Å². The van der Waals surface area contributed by atoms with Gasteiger partial charge >= 0.3 is 0 Å². The molecule has 0 amide bonds. The number of hydrogen-bond donors (Lipinski definition) is 1. The van der Waals surface area contributed by atoms with Crippen LogP contribution in [0.5, 0.6) is 0 Å². The number of ketones is 1. The normalized spacial score (nSPS) is 11.9. The van der Waals surface area contributed by atoms with Crippen molar-refractivity contribution >= 4 is 27.3 Å². The molecule has 0 saturated carbocycles. The van der Waals surface area contributed by atoms with Crippen molar-refractivity contribution in [3.05, 3.63) is 142 Å². The summed E-state index contributed by atoms with van der Waals surface area (Å²) >= 11 is 0. The molecule has 0 saturated heterocycles. The van der Waals surface area contributed by atoms with Gasteiger partial charge in [0, 0.05) is 50.4 Å². The van der Waals surface area contributed by atoms with Gasteiger partial charge in [-0.15, -0.1) is 69.8 Å². The Hall–Kier alpha value is -4.44. The Morgan fingerprint density at radius 1 is 0.672 bits per heavy atom. The number of aliphatic hydroxyl groups excluding tert-OH is 1. The van der Waals surface area contributed by atoms with E-state index in [1.165, 1.54) is 33.5 Å². The number of rotatable bonds is 11. The van der Waals surface area contributed by atoms with Gasteiger partial charge in [0.25, 0.3) is 0 Å². The van der Waals surface area contributed by atoms with Crippen molar-refractivity contribution in [1.82, 2.24) is 9.97 Å². The summed E-state index contributed by atoms with van der Waals surface area (Å²) < 4.78 is 16.3. The zero-order valence-corrected chi connectivity index (χ0v) is 39.1. The average molecular weight is 955 g/mol. The third-order valence-electron chi connectivity index (χ3n) is 10.7. The van der Waals surface area contributed by atoms with Gasteiger partial charge in [0.1, 0.15) is 0 Å². The van der Waals surface area contributed by atoms with Crippen molar-refractivity contribution in [2.24, 2.45) is 11.8 Å². The summed E-state index contributed by atoms with van der Waals surface area (Å²) in [5, 5.41) is 13.9. The van der Waals surface area contributed by atoms with Crippen molar-refractivity contribution in [3.63, 3.8) is 0 Å². The molecular weight excluding hydrogens is 889 g/mol. The molecule has 2 aromatic heterocycles. The molecule has 4 aromatic carbocycles. The molecule has 0 aliphatic rings. The number of aryl methyl sites for hydroxylation is 4. The van der Waals surface area contributed by atoms with Gasteiger partial charge in [-0.2, -0.15) is 0 Å². The summed E-state index contributed by atoms with van der Waals surface area (Å²) in [5.41, 5.74) is 10.9. The molecule has 0 aliphatic heterocycles. The van der Waals surface area contributed by atoms with Gasteiger partial charge in [-0.25, -0.2) is 0 Å². The van der Waals surface area contributed by atoms with Gasteiger partial charge in [0.05, 0.1) is 8.50 Å². The SMILES string of the molecule is CCC(CC)C(=O)/C=C(\O)C(CC)CC.Cc1[c-]c(-c2nccc3cc(C(C)C)ccc23)cc(C)c1.[2H]c1nc(-c2[c-]c(C)cc(C)c2)c2ccc(C(C)C)cc2c1[2H].[Ir]. The summed E-state index contributed by atoms with van der Waals surface area (Å²) in [5.74, 6) is 1.47. The molecule has 6 aromatic rings. The molecule has 0 fully saturated rings. The molecule has 1 radical (unpaired) electrons. The van der Waals surface area contributed by atoms with Crippen LogP contribution in [0.4, 0.5) is 0 Å². The number of hydrogen-bond acceptors (Lipinski definition) is 4. The first-order valence-corrected chi connectivity index (χ1v) is 20.8. The van der Waals surface area contributed by atoms with E-state index in [0.717, 1.165) is 75.7 Å². The predicted octanol–water partition coefficient (Wildman–Crippen LogP) is 14.8. The maximum absolute atomic E-state index is 11.7. The fourth-order valence-electron chi connectivity index (χ4n) is 7.24. The van der Waals surface area contributed by atoms with E-state index in [9.17, 15) is 9.90 Å². The number of pyridine rings is 2. The summed E-state index contributed by atoms with van der Waals surface area (Å²) in [6, 6.07) is 30.3. The molecule has 0 unspecified atom stereocenters. The predicted molar refractivity (Wildman–Crippen MR) is 243 cm³/mol. The molecule has 1 N–H and O–H groups in total. The minimum atomic E-state index is 0. The van der Waals surface area contributed by atoms with Crippen LogP contribution in [0.2, 0.25) is 0 Å². The molecule has 0 spiro atoms. The van der Waals surface area contributed by atoms with Crippen LogP contribution in [-0.4, -0.2) is 20.9 Å². The van der Waals surface area contributed by atoms with E-state index in [-0.39, 0.29) is 55.7 Å². The first kappa shape index (κ1) is 44.7. The van der Waals surface area contributed by atoms with E-state index in [2.05, 4.69) is 112 Å². The maximum Gasteiger partial charge on any atom is 0.162 e. The largest absolute Gasteiger partial charge is 0.512 e. The number of benzene rings is 4. The summed E-state index contributed by atoms with van der Waals surface area (Å²) in [6.07, 6.45) is 6.82. The topological polar surface area (TPSA) is 63.1 Å². The molecule has 4 nitrogen and oxygen atoms in total. The molecule has 0 bridgehead atoms. The average Bonchev–Trinajstić information content (AvgIpc) is 3.19. The molecule has 0 aliphatic carbocycles. The third-order valence-corrected chi connectivity index (χ3v) is 10.7. The number of allylic oxidation sites excluding steroid dienone is 2. The number of fused-ring (bicyclic) bond motifs is 2. The third kappa shape index (κ3) is 12.8. The van der Waals surface area contributed by atoms with E-state index >= 15 is 0 Å². The molecule has 0 atom stereocenters. The maximum atomic E-state index is 11.7. The van der Waals surface area contributed by atoms with E-state index in [1.807, 2.05) is 65.9 Å². The Kier molecular flexibility index (Phi) is 17.4. The van der Waals surface area contributed by atoms with Crippen LogP contribution in [0.3, 0.4) is 0 Å². The van der Waals surface area contributed by atoms with Gasteiger partial charge in [-0.1, -0.05) is 119 Å². The smallest absolute Gasteiger partial charge is 0.162 e. The molecule has 5 heteroatoms. The standard InChI is InChI=1S/2C20H20N.C13H24O2.Ir/c2*1-13(2)16-5-6-19-17(12-16)7-8-21-20(19)18-10-14(3)9-15(4)11-18;1-5-10(6-2)12(14)9-13(15)11(7-3)8-4;/h2*5-10,12-13H,1-4H3;9-11,14H,5-8H2,1-4H3;/q2*-1;;/b;;12-9-;/i7D,8D;;;. The second-order valence-electron chi connectivity index (χ2n) is 16.0. The number of carbonyl (C=O) groups excluding carboxylic acids is 1. The number of aliphatic hydroxyl groups is 1. The Morgan fingerprint density at radius 3 is 1.60 bits per heavy atom. The van der Waals surface area contributed by atoms with Crippen molar-refractivity contribution < 1.29 is 32.7 Å². The van der Waals surface area contributed by atoms with Crippen molar-refractivity contribution in [3.8, 4) is 22.5 Å². The molecule has 6 rings (SSSR count). The second kappa shape index (κ2) is 22.6. The van der Waals surface area contributed by atoms with Crippen LogP contribution < -0.4 is 0 Å². The van der Waals surface area contributed by atoms with Crippen molar-refractivity contribution in [2.75, 3.05) is 0 Å². The van der Waals surface area contributed by atoms with Gasteiger partial charge < -0.3 is 15.1 Å². The summed E-state index contributed by atoms with van der Waals surface area (Å²) in [6.45, 7) is 25.0. The van der Waals surface area contributed by atoms with Crippen LogP contribution in [0.15, 0.2) is 97.0 Å². The monoisotopic (exact) mass is 955 g/mol. The van der Waals surface area contributed by atoms with E-state index in [4.69, 9.17) is 2.74 Å². The Bertz CT molecular complexity index is 2370. The van der Waals surface area contributed by atoms with E-state index in [1.54, 1.807) is 0 Å². The summed E-state index contributed by atoms with van der Waals surface area (Å²) in [4.78, 5) is 20.7. The van der Waals surface area contributed by atoms with Crippen LogP contribution in [-0.2, 0) is 24.9 Å². The minimum absolute atomic E-state index is 0. The summed E-state index contributed by atoms with van der Waals surface area (Å²) in [7, 11) is 0. The fourth-order valence-corrected chi connectivity index (χ4v) is 7.24. The Labute approximate surface area is 365 Å². The number of aromatic nitrogens is 2. The quantitative estimate of drug-likeness (QED) is 0.0798. The van der Waals surface area contributed by atoms with E-state index in [0.29, 0.717) is 11.8 Å². The molecule has 58 heavy (non-hydrogen) atoms. The van der Waals surface area contributed by atoms with Crippen LogP contribution in [0, 0.1) is 51.7 Å². The van der Waals surface area contributed by atoms with Gasteiger partial charge in [0.15, 0.2) is 5.78 Å². The molecular formula is C53H64IrN2O2-2. The van der Waals surface area contributed by atoms with Crippen LogP contribution >= 0.6 is 0 Å². The molecule has 309 valence electrons. The molecule has 2 heterocycles. The Balaban J connectivity index is 0.000000244. The minimum Gasteiger partial charge on any atom is -0.512 e. The van der Waals surface area contributed by atoms with Gasteiger partial charge in [0.2, 0.25) is 0 Å². The van der Waals surface area contributed by atoms with Crippen molar-refractivity contribution in [2.45, 2.75) is 121 Å². The van der Waals surface area contributed by atoms with E-state index < -0.39 is 0 Å². The first-order valence-electron chi connectivity index (χ1n) is 21.8. The first-order chi connectivity index (χ1) is 28.0. The fraction of sp³-hybridized carbons (Fsp3) is 0.377. The number of carbonyl (C=O) groups is 1. The zero-order chi connectivity index (χ0) is 43.6. The Morgan fingerprint density at radius 2 is 1.14 bits per heavy atom. The number of nitrogens with zero attached hydrogens (tertiary/aromatic N) is 2. The van der Waals surface area contributed by atoms with Crippen LogP contribution in [0.25, 0.3) is 44.1 Å². The van der Waals surface area contributed by atoms with Crippen LogP contribution in [0.1, 0.15) is 129 Å². The van der Waals surface area contributed by atoms with Gasteiger partial charge in [-0.3, -0.25) is 4.79 Å².